The lowest BCUT2D eigenvalue weighted by Crippen LogP contribution is -2.67. The van der Waals surface area contributed by atoms with Crippen LogP contribution in [-0.4, -0.2) is 53.5 Å². The molecule has 26 heavy (non-hydrogen) atoms. The maximum absolute atomic E-state index is 12.7. The Bertz CT molecular complexity index is 837. The summed E-state index contributed by atoms with van der Waals surface area (Å²) in [6.07, 6.45) is 4.19. The van der Waals surface area contributed by atoms with Crippen LogP contribution >= 0.6 is 0 Å². The van der Waals surface area contributed by atoms with Gasteiger partial charge >= 0.3 is 0 Å². The van der Waals surface area contributed by atoms with E-state index in [1.807, 2.05) is 36.4 Å². The number of rotatable bonds is 6. The number of ether oxygens (including phenoxy) is 1. The van der Waals surface area contributed by atoms with Crippen molar-refractivity contribution < 1.29 is 13.2 Å². The van der Waals surface area contributed by atoms with Crippen LogP contribution in [-0.2, 0) is 27.7 Å². The highest BCUT2D eigenvalue weighted by Gasteiger charge is 2.61. The first-order valence-corrected chi connectivity index (χ1v) is 10.6. The fourth-order valence-corrected chi connectivity index (χ4v) is 6.49. The van der Waals surface area contributed by atoms with Gasteiger partial charge in [-0.05, 0) is 30.7 Å². The summed E-state index contributed by atoms with van der Waals surface area (Å²) >= 11 is 0. The first-order chi connectivity index (χ1) is 12.6. The maximum Gasteiger partial charge on any atom is 0.158 e. The molecule has 0 saturated carbocycles. The fourth-order valence-electron chi connectivity index (χ4n) is 4.04. The highest BCUT2D eigenvalue weighted by atomic mass is 32.2. The minimum atomic E-state index is -3.08. The van der Waals surface area contributed by atoms with Gasteiger partial charge in [0.2, 0.25) is 0 Å². The van der Waals surface area contributed by atoms with Gasteiger partial charge in [0.25, 0.3) is 0 Å². The van der Waals surface area contributed by atoms with Crippen LogP contribution in [0.2, 0.25) is 0 Å². The zero-order valence-electron chi connectivity index (χ0n) is 14.6. The Labute approximate surface area is 154 Å². The van der Waals surface area contributed by atoms with E-state index in [0.29, 0.717) is 39.3 Å². The molecule has 7 heteroatoms. The van der Waals surface area contributed by atoms with Gasteiger partial charge in [-0.3, -0.25) is 14.9 Å². The molecule has 0 bridgehead atoms. The highest BCUT2D eigenvalue weighted by molar-refractivity contribution is 7.93. The van der Waals surface area contributed by atoms with E-state index in [1.54, 1.807) is 12.4 Å². The zero-order chi connectivity index (χ0) is 18.0. The number of aromatic nitrogens is 2. The molecule has 2 aromatic heterocycles. The third-order valence-electron chi connectivity index (χ3n) is 5.49. The molecule has 2 aliphatic rings. The van der Waals surface area contributed by atoms with Crippen LogP contribution in [0.4, 0.5) is 0 Å². The topological polar surface area (TPSA) is 72.4 Å². The van der Waals surface area contributed by atoms with Crippen molar-refractivity contribution in [1.29, 1.82) is 0 Å². The molecule has 2 aliphatic heterocycles. The van der Waals surface area contributed by atoms with Gasteiger partial charge in [-0.25, -0.2) is 8.42 Å². The summed E-state index contributed by atoms with van der Waals surface area (Å²) in [5.74, 6) is 0.318. The lowest BCUT2D eigenvalue weighted by molar-refractivity contribution is 0.0188. The van der Waals surface area contributed by atoms with Crippen LogP contribution in [0.3, 0.4) is 0 Å². The highest BCUT2D eigenvalue weighted by Crippen LogP contribution is 2.45. The molecular weight excluding hydrogens is 350 g/mol. The van der Waals surface area contributed by atoms with Crippen LogP contribution in [0.5, 0.6) is 0 Å². The molecule has 2 fully saturated rings. The molecule has 4 heterocycles. The van der Waals surface area contributed by atoms with Gasteiger partial charge in [-0.15, -0.1) is 0 Å². The van der Waals surface area contributed by atoms with Gasteiger partial charge in [0.05, 0.1) is 30.4 Å². The predicted molar refractivity (Wildman–Crippen MR) is 98.0 cm³/mol. The van der Waals surface area contributed by atoms with Gasteiger partial charge < -0.3 is 4.74 Å². The lowest BCUT2D eigenvalue weighted by atomic mass is 9.83. The van der Waals surface area contributed by atoms with E-state index in [9.17, 15) is 8.42 Å². The molecule has 0 amide bonds. The average molecular weight is 373 g/mol. The molecule has 6 nitrogen and oxygen atoms in total. The Morgan fingerprint density at radius 1 is 1.08 bits per heavy atom. The molecule has 1 spiro atoms. The molecule has 138 valence electrons. The Balaban J connectivity index is 1.37. The van der Waals surface area contributed by atoms with Crippen LogP contribution in [0.25, 0.3) is 0 Å². The largest absolute Gasteiger partial charge is 0.375 e. The number of hydrogen-bond acceptors (Lipinski definition) is 6. The lowest BCUT2D eigenvalue weighted by Gasteiger charge is -2.49. The average Bonchev–Trinajstić information content (AvgIpc) is 2.88. The van der Waals surface area contributed by atoms with Crippen molar-refractivity contribution in [3.63, 3.8) is 0 Å². The van der Waals surface area contributed by atoms with Crippen molar-refractivity contribution in [3.8, 4) is 0 Å². The van der Waals surface area contributed by atoms with E-state index >= 15 is 0 Å². The number of likely N-dealkylation sites (tertiary alicyclic amines) is 1. The van der Waals surface area contributed by atoms with Crippen LogP contribution in [0.15, 0.2) is 48.8 Å². The third kappa shape index (κ3) is 3.26. The molecule has 0 radical (unpaired) electrons. The van der Waals surface area contributed by atoms with Crippen molar-refractivity contribution in [2.24, 2.45) is 5.92 Å². The number of nitrogens with zero attached hydrogens (tertiary/aromatic N) is 3. The molecule has 2 saturated heterocycles. The second-order valence-corrected chi connectivity index (χ2v) is 9.62. The number of hydrogen-bond donors (Lipinski definition) is 0. The third-order valence-corrected chi connectivity index (χ3v) is 8.09. The summed E-state index contributed by atoms with van der Waals surface area (Å²) in [4.78, 5) is 10.7. The number of sulfone groups is 1. The minimum absolute atomic E-state index is 0.0520. The van der Waals surface area contributed by atoms with E-state index in [4.69, 9.17) is 4.74 Å². The standard InChI is InChI=1S/C19H23N3O3S/c23-26(24)10-7-16(12-25-13-18-6-2-4-9-21-18)19(26)14-22(15-19)11-17-5-1-3-8-20-17/h1-6,8-9,16H,7,10-15H2/t16-/m1/s1. The van der Waals surface area contributed by atoms with E-state index in [0.717, 1.165) is 11.4 Å². The summed E-state index contributed by atoms with van der Waals surface area (Å²) in [6.45, 7) is 2.73. The maximum atomic E-state index is 12.7. The Kier molecular flexibility index (Phi) is 4.77. The van der Waals surface area contributed by atoms with E-state index < -0.39 is 14.6 Å². The minimum Gasteiger partial charge on any atom is -0.375 e. The van der Waals surface area contributed by atoms with E-state index in [-0.39, 0.29) is 11.7 Å². The fraction of sp³-hybridized carbons (Fsp3) is 0.474. The molecule has 0 aliphatic carbocycles. The Hall–Kier alpha value is -1.83. The first kappa shape index (κ1) is 17.6. The monoisotopic (exact) mass is 373 g/mol. The van der Waals surface area contributed by atoms with Crippen molar-refractivity contribution in [2.45, 2.75) is 24.3 Å². The zero-order valence-corrected chi connectivity index (χ0v) is 15.4. The van der Waals surface area contributed by atoms with Crippen LogP contribution < -0.4 is 0 Å². The molecule has 4 rings (SSSR count). The van der Waals surface area contributed by atoms with Crippen molar-refractivity contribution in [3.05, 3.63) is 60.2 Å². The van der Waals surface area contributed by atoms with Crippen molar-refractivity contribution in [2.75, 3.05) is 25.4 Å². The summed E-state index contributed by atoms with van der Waals surface area (Å²) in [6, 6.07) is 11.5. The van der Waals surface area contributed by atoms with Gasteiger partial charge in [0.1, 0.15) is 4.75 Å². The molecule has 0 aromatic carbocycles. The summed E-state index contributed by atoms with van der Waals surface area (Å²) in [5.41, 5.74) is 1.84. The predicted octanol–water partition coefficient (Wildman–Crippen LogP) is 1.68. The molecular formula is C19H23N3O3S. The normalized spacial score (nSPS) is 23.8. The second-order valence-electron chi connectivity index (χ2n) is 7.17. The summed E-state index contributed by atoms with van der Waals surface area (Å²) < 4.78 is 30.6. The van der Waals surface area contributed by atoms with Crippen molar-refractivity contribution in [1.82, 2.24) is 14.9 Å². The summed E-state index contributed by atoms with van der Waals surface area (Å²) in [5, 5.41) is 0. The van der Waals surface area contributed by atoms with Gasteiger partial charge in [0.15, 0.2) is 9.84 Å². The Morgan fingerprint density at radius 3 is 2.42 bits per heavy atom. The van der Waals surface area contributed by atoms with Gasteiger partial charge in [-0.2, -0.15) is 0 Å². The SMILES string of the molecule is O=S1(=O)CC[C@H](COCc2ccccn2)C12CN(Cc1ccccn1)C2. The second kappa shape index (κ2) is 7.06. The summed E-state index contributed by atoms with van der Waals surface area (Å²) in [7, 11) is -3.08. The Morgan fingerprint density at radius 2 is 1.77 bits per heavy atom. The van der Waals surface area contributed by atoms with Crippen LogP contribution in [0, 0.1) is 5.92 Å². The quantitative estimate of drug-likeness (QED) is 0.767. The smallest absolute Gasteiger partial charge is 0.158 e. The molecule has 0 unspecified atom stereocenters. The van der Waals surface area contributed by atoms with E-state index in [2.05, 4.69) is 14.9 Å². The van der Waals surface area contributed by atoms with Crippen molar-refractivity contribution >= 4 is 9.84 Å². The molecule has 2 aromatic rings. The molecule has 1 atom stereocenters. The number of pyridine rings is 2. The van der Waals surface area contributed by atoms with Crippen LogP contribution in [0.1, 0.15) is 17.8 Å². The molecule has 0 N–H and O–H groups in total. The first-order valence-electron chi connectivity index (χ1n) is 8.91. The van der Waals surface area contributed by atoms with Gasteiger partial charge in [-0.1, -0.05) is 12.1 Å². The van der Waals surface area contributed by atoms with E-state index in [1.165, 1.54) is 0 Å². The van der Waals surface area contributed by atoms with Gasteiger partial charge in [0, 0.05) is 37.9 Å².